The Bertz CT molecular complexity index is 491. The van der Waals surface area contributed by atoms with Crippen LogP contribution in [0.5, 0.6) is 0 Å². The van der Waals surface area contributed by atoms with E-state index in [2.05, 4.69) is 29.6 Å². The van der Waals surface area contributed by atoms with E-state index in [-0.39, 0.29) is 5.91 Å². The lowest BCUT2D eigenvalue weighted by Gasteiger charge is -2.02. The smallest absolute Gasteiger partial charge is 0.238 e. The van der Waals surface area contributed by atoms with Crippen LogP contribution in [0.25, 0.3) is 10.8 Å². The average Bonchev–Trinajstić information content (AvgIpc) is 2.26. The molecular formula is C13H12NO. The van der Waals surface area contributed by atoms with Crippen molar-refractivity contribution in [3.05, 3.63) is 48.0 Å². The van der Waals surface area contributed by atoms with E-state index in [1.165, 1.54) is 17.7 Å². The molecule has 0 aliphatic rings. The maximum atomic E-state index is 10.7. The Morgan fingerprint density at radius 1 is 1.13 bits per heavy atom. The van der Waals surface area contributed by atoms with Gasteiger partial charge in [-0.05, 0) is 22.4 Å². The molecule has 2 aromatic carbocycles. The first-order chi connectivity index (χ1) is 7.25. The summed E-state index contributed by atoms with van der Waals surface area (Å²) >= 11 is 0. The van der Waals surface area contributed by atoms with E-state index >= 15 is 0 Å². The maximum absolute atomic E-state index is 10.7. The largest absolute Gasteiger partial charge is 0.273 e. The fraction of sp³-hybridized carbons (Fsp3) is 0.154. The molecule has 0 aliphatic carbocycles. The zero-order chi connectivity index (χ0) is 10.7. The molecule has 2 aromatic rings. The fourth-order valence-corrected chi connectivity index (χ4v) is 1.54. The first kappa shape index (κ1) is 9.71. The summed E-state index contributed by atoms with van der Waals surface area (Å²) in [6.07, 6.45) is 0. The molecule has 2 nitrogen and oxygen atoms in total. The summed E-state index contributed by atoms with van der Waals surface area (Å²) in [6, 6.07) is 14.3. The normalized spacial score (nSPS) is 10.2. The van der Waals surface area contributed by atoms with Crippen molar-refractivity contribution in [2.45, 2.75) is 13.5 Å². The van der Waals surface area contributed by atoms with Gasteiger partial charge in [0.2, 0.25) is 5.91 Å². The Hall–Kier alpha value is -1.83. The van der Waals surface area contributed by atoms with Gasteiger partial charge in [-0.25, -0.2) is 5.32 Å². The van der Waals surface area contributed by atoms with Gasteiger partial charge in [-0.1, -0.05) is 36.4 Å². The van der Waals surface area contributed by atoms with Crippen molar-refractivity contribution in [1.29, 1.82) is 0 Å². The Kier molecular flexibility index (Phi) is 2.68. The van der Waals surface area contributed by atoms with Gasteiger partial charge in [0.15, 0.2) is 0 Å². The second-order valence-corrected chi connectivity index (χ2v) is 3.52. The summed E-state index contributed by atoms with van der Waals surface area (Å²) in [4.78, 5) is 10.7. The molecule has 0 heterocycles. The van der Waals surface area contributed by atoms with Crippen LogP contribution in [0.1, 0.15) is 12.5 Å². The molecule has 2 heteroatoms. The van der Waals surface area contributed by atoms with Gasteiger partial charge in [-0.3, -0.25) is 4.79 Å². The molecule has 2 rings (SSSR count). The van der Waals surface area contributed by atoms with E-state index in [1.807, 2.05) is 18.2 Å². The number of hydrogen-bond donors (Lipinski definition) is 0. The van der Waals surface area contributed by atoms with Crippen LogP contribution in [-0.2, 0) is 11.3 Å². The van der Waals surface area contributed by atoms with Crippen molar-refractivity contribution >= 4 is 16.7 Å². The minimum Gasteiger partial charge on any atom is -0.273 e. The fourth-order valence-electron chi connectivity index (χ4n) is 1.54. The Morgan fingerprint density at radius 3 is 2.60 bits per heavy atom. The van der Waals surface area contributed by atoms with Gasteiger partial charge in [-0.2, -0.15) is 0 Å². The average molecular weight is 198 g/mol. The van der Waals surface area contributed by atoms with E-state index in [9.17, 15) is 4.79 Å². The summed E-state index contributed by atoms with van der Waals surface area (Å²) in [5, 5.41) is 6.26. The molecule has 75 valence electrons. The number of amides is 1. The second kappa shape index (κ2) is 4.13. The van der Waals surface area contributed by atoms with Crippen LogP contribution in [-0.4, -0.2) is 5.91 Å². The van der Waals surface area contributed by atoms with E-state index in [0.29, 0.717) is 6.54 Å². The van der Waals surface area contributed by atoms with Crippen LogP contribution in [0.3, 0.4) is 0 Å². The van der Waals surface area contributed by atoms with Gasteiger partial charge >= 0.3 is 0 Å². The van der Waals surface area contributed by atoms with Crippen LogP contribution in [0.15, 0.2) is 42.5 Å². The minimum atomic E-state index is -0.122. The van der Waals surface area contributed by atoms with Gasteiger partial charge in [0.1, 0.15) is 0 Å². The van der Waals surface area contributed by atoms with Crippen molar-refractivity contribution in [1.82, 2.24) is 5.32 Å². The third-order valence-electron chi connectivity index (χ3n) is 2.30. The molecular weight excluding hydrogens is 186 g/mol. The topological polar surface area (TPSA) is 31.2 Å². The highest BCUT2D eigenvalue weighted by atomic mass is 16.1. The van der Waals surface area contributed by atoms with E-state index < -0.39 is 0 Å². The molecule has 0 aromatic heterocycles. The standard InChI is InChI=1S/C13H12NO/c1-10(15)14-9-11-6-7-12-4-2-3-5-13(12)8-11/h2-8H,9H2,1H3. The van der Waals surface area contributed by atoms with Crippen LogP contribution in [0.2, 0.25) is 0 Å². The summed E-state index contributed by atoms with van der Waals surface area (Å²) < 4.78 is 0. The lowest BCUT2D eigenvalue weighted by atomic mass is 10.1. The lowest BCUT2D eigenvalue weighted by molar-refractivity contribution is -0.119. The zero-order valence-corrected chi connectivity index (χ0v) is 8.60. The third-order valence-corrected chi connectivity index (χ3v) is 2.30. The molecule has 1 amide bonds. The third kappa shape index (κ3) is 2.34. The zero-order valence-electron chi connectivity index (χ0n) is 8.60. The number of nitrogens with zero attached hydrogens (tertiary/aromatic N) is 1. The van der Waals surface area contributed by atoms with E-state index in [1.54, 1.807) is 0 Å². The van der Waals surface area contributed by atoms with Gasteiger partial charge in [0, 0.05) is 6.92 Å². The lowest BCUT2D eigenvalue weighted by Crippen LogP contribution is -2.10. The quantitative estimate of drug-likeness (QED) is 0.729. The SMILES string of the molecule is CC(=O)[N]Cc1ccc2ccccc2c1. The highest BCUT2D eigenvalue weighted by molar-refractivity contribution is 5.83. The first-order valence-corrected chi connectivity index (χ1v) is 4.91. The van der Waals surface area contributed by atoms with E-state index in [0.717, 1.165) is 5.56 Å². The molecule has 1 radical (unpaired) electrons. The number of carbonyl (C=O) groups is 1. The summed E-state index contributed by atoms with van der Waals surface area (Å²) in [7, 11) is 0. The molecule has 15 heavy (non-hydrogen) atoms. The Labute approximate surface area is 88.9 Å². The molecule has 0 N–H and O–H groups in total. The molecule has 0 saturated heterocycles. The summed E-state index contributed by atoms with van der Waals surface area (Å²) in [5.41, 5.74) is 1.07. The van der Waals surface area contributed by atoms with Crippen molar-refractivity contribution in [3.63, 3.8) is 0 Å². The predicted octanol–water partition coefficient (Wildman–Crippen LogP) is 2.49. The number of fused-ring (bicyclic) bond motifs is 1. The molecule has 0 spiro atoms. The number of carbonyl (C=O) groups excluding carboxylic acids is 1. The second-order valence-electron chi connectivity index (χ2n) is 3.52. The Morgan fingerprint density at radius 2 is 1.87 bits per heavy atom. The molecule has 0 aliphatic heterocycles. The number of benzene rings is 2. The van der Waals surface area contributed by atoms with Crippen molar-refractivity contribution in [2.24, 2.45) is 0 Å². The predicted molar refractivity (Wildman–Crippen MR) is 60.5 cm³/mol. The van der Waals surface area contributed by atoms with Crippen LogP contribution in [0.4, 0.5) is 0 Å². The van der Waals surface area contributed by atoms with E-state index in [4.69, 9.17) is 0 Å². The number of hydrogen-bond acceptors (Lipinski definition) is 1. The van der Waals surface area contributed by atoms with Crippen molar-refractivity contribution in [3.8, 4) is 0 Å². The highest BCUT2D eigenvalue weighted by Crippen LogP contribution is 2.15. The van der Waals surface area contributed by atoms with Crippen LogP contribution < -0.4 is 5.32 Å². The molecule has 0 atom stereocenters. The van der Waals surface area contributed by atoms with Crippen LogP contribution >= 0.6 is 0 Å². The van der Waals surface area contributed by atoms with Gasteiger partial charge < -0.3 is 0 Å². The molecule has 0 fully saturated rings. The maximum Gasteiger partial charge on any atom is 0.238 e. The first-order valence-electron chi connectivity index (χ1n) is 4.91. The van der Waals surface area contributed by atoms with Crippen LogP contribution in [0, 0.1) is 0 Å². The molecule has 0 unspecified atom stereocenters. The Balaban J connectivity index is 2.26. The van der Waals surface area contributed by atoms with Gasteiger partial charge in [-0.15, -0.1) is 0 Å². The van der Waals surface area contributed by atoms with Crippen molar-refractivity contribution < 1.29 is 4.79 Å². The summed E-state index contributed by atoms with van der Waals surface area (Å²) in [6.45, 7) is 1.95. The van der Waals surface area contributed by atoms with Crippen molar-refractivity contribution in [2.75, 3.05) is 0 Å². The monoisotopic (exact) mass is 198 g/mol. The highest BCUT2D eigenvalue weighted by Gasteiger charge is 1.98. The molecule has 0 saturated carbocycles. The minimum absolute atomic E-state index is 0.122. The van der Waals surface area contributed by atoms with Gasteiger partial charge in [0.05, 0.1) is 6.54 Å². The summed E-state index contributed by atoms with van der Waals surface area (Å²) in [5.74, 6) is -0.122. The number of rotatable bonds is 2. The van der Waals surface area contributed by atoms with Gasteiger partial charge in [0.25, 0.3) is 0 Å². The molecule has 0 bridgehead atoms.